The number of halogens is 6. The maximum absolute atomic E-state index is 13.3. The molecule has 104 valence electrons. The third kappa shape index (κ3) is 2.58. The second-order valence-electron chi connectivity index (χ2n) is 3.84. The molecule has 0 spiro atoms. The Morgan fingerprint density at radius 2 is 1.68 bits per heavy atom. The van der Waals surface area contributed by atoms with Crippen molar-refractivity contribution in [2.24, 2.45) is 0 Å². The van der Waals surface area contributed by atoms with Gasteiger partial charge in [0.05, 0.1) is 11.0 Å². The van der Waals surface area contributed by atoms with Gasteiger partial charge in [-0.15, -0.1) is 0 Å². The van der Waals surface area contributed by atoms with Gasteiger partial charge in [-0.25, -0.2) is 13.6 Å². The third-order valence-corrected chi connectivity index (χ3v) is 4.33. The van der Waals surface area contributed by atoms with Crippen LogP contribution in [-0.4, -0.2) is 22.3 Å². The fraction of sp³-hybridized carbons (Fsp3) is 0.300. The molecule has 1 aromatic carbocycles. The van der Waals surface area contributed by atoms with Gasteiger partial charge in [-0.3, -0.25) is 0 Å². The van der Waals surface area contributed by atoms with Gasteiger partial charge in [0.25, 0.3) is 0 Å². The van der Waals surface area contributed by atoms with Crippen LogP contribution in [0, 0.1) is 0 Å². The van der Waals surface area contributed by atoms with Crippen LogP contribution in [0.3, 0.4) is 0 Å². The van der Waals surface area contributed by atoms with Gasteiger partial charge in [-0.2, -0.15) is 8.78 Å². The van der Waals surface area contributed by atoms with Gasteiger partial charge in [0, 0.05) is 4.47 Å². The van der Waals surface area contributed by atoms with E-state index in [9.17, 15) is 22.4 Å². The average molecular weight is 406 g/mol. The van der Waals surface area contributed by atoms with Crippen molar-refractivity contribution in [1.82, 2.24) is 9.97 Å². The van der Waals surface area contributed by atoms with Crippen LogP contribution in [0.25, 0.3) is 11.0 Å². The highest BCUT2D eigenvalue weighted by Crippen LogP contribution is 2.45. The van der Waals surface area contributed by atoms with Crippen molar-refractivity contribution in [1.29, 1.82) is 0 Å². The van der Waals surface area contributed by atoms with Gasteiger partial charge in [0.15, 0.2) is 0 Å². The Morgan fingerprint density at radius 3 is 2.21 bits per heavy atom. The molecule has 0 bridgehead atoms. The minimum absolute atomic E-state index is 0.0759. The molecule has 1 atom stereocenters. The number of benzene rings is 1. The van der Waals surface area contributed by atoms with Crippen LogP contribution in [0.4, 0.5) is 17.6 Å². The van der Waals surface area contributed by atoms with Crippen LogP contribution in [0.5, 0.6) is 0 Å². The summed E-state index contributed by atoms with van der Waals surface area (Å²) in [4.78, 5) is 14.0. The van der Waals surface area contributed by atoms with Crippen molar-refractivity contribution in [3.63, 3.8) is 0 Å². The van der Waals surface area contributed by atoms with Gasteiger partial charge in [0.1, 0.15) is 4.83 Å². The molecular weight excluding hydrogens is 400 g/mol. The summed E-state index contributed by atoms with van der Waals surface area (Å²) in [5, 5.41) is 0. The SMILES string of the molecule is O=c1[nH]c2cc(Br)c(C(Br)C(F)(F)C(F)F)cc2[nH]1. The number of nitrogens with one attached hydrogen (secondary N) is 2. The van der Waals surface area contributed by atoms with Crippen LogP contribution in [0.15, 0.2) is 21.4 Å². The molecule has 2 N–H and O–H groups in total. The zero-order valence-corrected chi connectivity index (χ0v) is 12.2. The first-order chi connectivity index (χ1) is 8.73. The number of aromatic nitrogens is 2. The topological polar surface area (TPSA) is 48.6 Å². The maximum Gasteiger partial charge on any atom is 0.323 e. The van der Waals surface area contributed by atoms with Crippen molar-refractivity contribution < 1.29 is 17.6 Å². The van der Waals surface area contributed by atoms with E-state index in [0.717, 1.165) is 0 Å². The Kier molecular flexibility index (Phi) is 3.78. The van der Waals surface area contributed by atoms with Crippen molar-refractivity contribution in [2.45, 2.75) is 17.2 Å². The molecule has 0 saturated carbocycles. The first-order valence-electron chi connectivity index (χ1n) is 4.95. The highest BCUT2D eigenvalue weighted by molar-refractivity contribution is 9.11. The zero-order valence-electron chi connectivity index (χ0n) is 8.99. The summed E-state index contributed by atoms with van der Waals surface area (Å²) in [5.74, 6) is -4.23. The van der Waals surface area contributed by atoms with E-state index >= 15 is 0 Å². The van der Waals surface area contributed by atoms with E-state index in [1.807, 2.05) is 0 Å². The molecule has 0 amide bonds. The first kappa shape index (κ1) is 14.6. The number of fused-ring (bicyclic) bond motifs is 1. The molecule has 9 heteroatoms. The standard InChI is InChI=1S/C10H6Br2F4N2O/c11-4-2-6-5(17-9(19)18-6)1-3(4)7(12)10(15,16)8(13)14/h1-2,7-8H,(H2,17,18,19). The number of aromatic amines is 2. The molecule has 1 heterocycles. The molecule has 2 aromatic rings. The zero-order chi connectivity index (χ0) is 14.4. The predicted octanol–water partition coefficient (Wildman–Crippen LogP) is 3.96. The Labute approximate surface area is 120 Å². The van der Waals surface area contributed by atoms with E-state index in [1.54, 1.807) is 0 Å². The Bertz CT molecular complexity index is 667. The van der Waals surface area contributed by atoms with Crippen molar-refractivity contribution >= 4 is 42.9 Å². The summed E-state index contributed by atoms with van der Waals surface area (Å²) in [6.07, 6.45) is -3.80. The summed E-state index contributed by atoms with van der Waals surface area (Å²) in [6.45, 7) is 0. The van der Waals surface area contributed by atoms with Gasteiger partial charge in [0.2, 0.25) is 0 Å². The molecule has 1 aromatic heterocycles. The summed E-state index contributed by atoms with van der Waals surface area (Å²) in [6, 6.07) is 2.59. The summed E-state index contributed by atoms with van der Waals surface area (Å²) < 4.78 is 51.5. The smallest absolute Gasteiger partial charge is 0.306 e. The maximum atomic E-state index is 13.3. The molecule has 0 saturated heterocycles. The number of imidazole rings is 1. The van der Waals surface area contributed by atoms with E-state index < -0.39 is 22.9 Å². The average Bonchev–Trinajstić information content (AvgIpc) is 2.65. The highest BCUT2D eigenvalue weighted by atomic mass is 79.9. The minimum Gasteiger partial charge on any atom is -0.306 e. The monoisotopic (exact) mass is 404 g/mol. The molecule has 0 aliphatic carbocycles. The van der Waals surface area contributed by atoms with E-state index in [4.69, 9.17) is 0 Å². The van der Waals surface area contributed by atoms with Crippen LogP contribution in [-0.2, 0) is 0 Å². The van der Waals surface area contributed by atoms with Crippen molar-refractivity contribution in [3.8, 4) is 0 Å². The first-order valence-corrected chi connectivity index (χ1v) is 6.66. The van der Waals surface area contributed by atoms with Crippen LogP contribution in [0.1, 0.15) is 10.4 Å². The molecule has 2 rings (SSSR count). The Balaban J connectivity index is 2.55. The Morgan fingerprint density at radius 1 is 1.16 bits per heavy atom. The lowest BCUT2D eigenvalue weighted by Gasteiger charge is -2.22. The summed E-state index contributed by atoms with van der Waals surface area (Å²) in [5.41, 5.74) is 0.0669. The highest BCUT2D eigenvalue weighted by Gasteiger charge is 2.48. The number of hydrogen-bond acceptors (Lipinski definition) is 1. The van der Waals surface area contributed by atoms with E-state index in [2.05, 4.69) is 41.8 Å². The van der Waals surface area contributed by atoms with Crippen LogP contribution >= 0.6 is 31.9 Å². The molecule has 3 nitrogen and oxygen atoms in total. The molecule has 0 fully saturated rings. The molecule has 0 radical (unpaired) electrons. The largest absolute Gasteiger partial charge is 0.323 e. The number of H-pyrrole nitrogens is 2. The lowest BCUT2D eigenvalue weighted by Crippen LogP contribution is -2.31. The van der Waals surface area contributed by atoms with E-state index in [-0.39, 0.29) is 15.6 Å². The Hall–Kier alpha value is -0.830. The van der Waals surface area contributed by atoms with Crippen LogP contribution in [0.2, 0.25) is 0 Å². The second-order valence-corrected chi connectivity index (χ2v) is 5.61. The van der Waals surface area contributed by atoms with E-state index in [0.29, 0.717) is 5.52 Å². The molecule has 19 heavy (non-hydrogen) atoms. The van der Waals surface area contributed by atoms with Crippen molar-refractivity contribution in [3.05, 3.63) is 32.7 Å². The summed E-state index contributed by atoms with van der Waals surface area (Å²) in [7, 11) is 0. The van der Waals surface area contributed by atoms with Gasteiger partial charge < -0.3 is 9.97 Å². The fourth-order valence-corrected chi connectivity index (χ4v) is 3.04. The van der Waals surface area contributed by atoms with Crippen molar-refractivity contribution in [2.75, 3.05) is 0 Å². The van der Waals surface area contributed by atoms with Crippen LogP contribution < -0.4 is 5.69 Å². The van der Waals surface area contributed by atoms with Gasteiger partial charge >= 0.3 is 18.0 Å². The van der Waals surface area contributed by atoms with E-state index in [1.165, 1.54) is 12.1 Å². The quantitative estimate of drug-likeness (QED) is 0.589. The third-order valence-electron chi connectivity index (χ3n) is 2.54. The molecule has 1 unspecified atom stereocenters. The number of alkyl halides is 5. The number of rotatable bonds is 3. The fourth-order valence-electron chi connectivity index (χ4n) is 1.58. The molecule has 0 aliphatic heterocycles. The minimum atomic E-state index is -4.23. The normalized spacial score (nSPS) is 14.3. The van der Waals surface area contributed by atoms with Gasteiger partial charge in [-0.05, 0) is 17.7 Å². The predicted molar refractivity (Wildman–Crippen MR) is 69.2 cm³/mol. The van der Waals surface area contributed by atoms with Gasteiger partial charge in [-0.1, -0.05) is 31.9 Å². The lowest BCUT2D eigenvalue weighted by molar-refractivity contribution is -0.127. The second kappa shape index (κ2) is 4.93. The number of hydrogen-bond donors (Lipinski definition) is 2. The summed E-state index contributed by atoms with van der Waals surface area (Å²) >= 11 is 5.61. The lowest BCUT2D eigenvalue weighted by atomic mass is 10.1. The molecule has 0 aliphatic rings. The molecular formula is C10H6Br2F4N2O.